The number of ether oxygens (including phenoxy) is 2. The Kier molecular flexibility index (Phi) is 7.50. The van der Waals surface area contributed by atoms with E-state index in [0.29, 0.717) is 58.2 Å². The van der Waals surface area contributed by atoms with Gasteiger partial charge in [0, 0.05) is 51.5 Å². The van der Waals surface area contributed by atoms with Crippen LogP contribution in [0.1, 0.15) is 63.0 Å². The molecule has 0 aromatic carbocycles. The van der Waals surface area contributed by atoms with E-state index in [-0.39, 0.29) is 29.9 Å². The third-order valence-electron chi connectivity index (χ3n) is 6.89. The van der Waals surface area contributed by atoms with Gasteiger partial charge < -0.3 is 28.7 Å². The lowest BCUT2D eigenvalue weighted by molar-refractivity contribution is -0.141. The van der Waals surface area contributed by atoms with E-state index < -0.39 is 5.60 Å². The molecule has 0 saturated carbocycles. The van der Waals surface area contributed by atoms with Crippen LogP contribution in [-0.2, 0) is 14.3 Å². The van der Waals surface area contributed by atoms with Gasteiger partial charge in [-0.1, -0.05) is 0 Å². The fourth-order valence-corrected chi connectivity index (χ4v) is 5.11. The molecule has 0 radical (unpaired) electrons. The minimum atomic E-state index is -0.511. The average molecular weight is 475 g/mol. The van der Waals surface area contributed by atoms with Gasteiger partial charge in [0.1, 0.15) is 11.3 Å². The van der Waals surface area contributed by atoms with Gasteiger partial charge in [0.25, 0.3) is 5.91 Å². The van der Waals surface area contributed by atoms with Gasteiger partial charge in [-0.3, -0.25) is 9.59 Å². The van der Waals surface area contributed by atoms with Gasteiger partial charge in [-0.15, -0.1) is 0 Å². The third kappa shape index (κ3) is 5.74. The molecule has 1 atom stereocenters. The number of likely N-dealkylation sites (tertiary alicyclic amines) is 2. The molecule has 3 saturated heterocycles. The van der Waals surface area contributed by atoms with E-state index in [1.165, 1.54) is 0 Å². The van der Waals surface area contributed by atoms with Gasteiger partial charge in [0.05, 0.1) is 19.1 Å². The maximum absolute atomic E-state index is 13.5. The van der Waals surface area contributed by atoms with Crippen molar-refractivity contribution < 1.29 is 23.9 Å². The van der Waals surface area contributed by atoms with Crippen molar-refractivity contribution in [2.45, 2.75) is 58.1 Å². The van der Waals surface area contributed by atoms with Crippen molar-refractivity contribution in [2.24, 2.45) is 5.92 Å². The second-order valence-corrected chi connectivity index (χ2v) is 10.5. The molecule has 4 heterocycles. The first-order chi connectivity index (χ1) is 16.2. The fourth-order valence-electron chi connectivity index (χ4n) is 5.11. The highest BCUT2D eigenvalue weighted by Crippen LogP contribution is 2.28. The lowest BCUT2D eigenvalue weighted by Gasteiger charge is -2.37. The number of nitrogens with zero attached hydrogens (tertiary/aromatic N) is 4. The molecule has 9 heteroatoms. The fraction of sp³-hybridized carbons (Fsp3) is 0.720. The summed E-state index contributed by atoms with van der Waals surface area (Å²) in [6.07, 6.45) is 4.88. The minimum absolute atomic E-state index is 0.0148. The summed E-state index contributed by atoms with van der Waals surface area (Å²) in [4.78, 5) is 44.3. The summed E-state index contributed by atoms with van der Waals surface area (Å²) in [6, 6.07) is 3.94. The maximum Gasteiger partial charge on any atom is 0.410 e. The Hall–Kier alpha value is -2.55. The van der Waals surface area contributed by atoms with Crippen molar-refractivity contribution in [3.8, 4) is 0 Å². The van der Waals surface area contributed by atoms with Crippen LogP contribution >= 0.6 is 0 Å². The summed E-state index contributed by atoms with van der Waals surface area (Å²) >= 11 is 0. The molecule has 9 nitrogen and oxygen atoms in total. The number of hydrogen-bond acceptors (Lipinski definition) is 5. The van der Waals surface area contributed by atoms with Crippen LogP contribution in [0.3, 0.4) is 0 Å². The smallest absolute Gasteiger partial charge is 0.410 e. The minimum Gasteiger partial charge on any atom is -0.444 e. The molecular formula is C25H38N4O5. The highest BCUT2D eigenvalue weighted by atomic mass is 16.6. The van der Waals surface area contributed by atoms with Gasteiger partial charge in [-0.25, -0.2) is 4.79 Å². The van der Waals surface area contributed by atoms with Gasteiger partial charge in [0.15, 0.2) is 0 Å². The summed E-state index contributed by atoms with van der Waals surface area (Å²) in [5.74, 6) is -0.0129. The molecular weight excluding hydrogens is 436 g/mol. The van der Waals surface area contributed by atoms with E-state index in [2.05, 4.69) is 4.57 Å². The van der Waals surface area contributed by atoms with Crippen LogP contribution in [0.15, 0.2) is 18.3 Å². The zero-order valence-corrected chi connectivity index (χ0v) is 20.7. The number of carbonyl (C=O) groups excluding carboxylic acids is 3. The standard InChI is InChI=1S/C25H38N4O5/c1-25(2,3)34-24(32)27-12-8-20(9-13-27)29-11-5-7-21(29)23(31)28-10-4-6-19(18-28)22(30)26-14-16-33-17-15-26/h5,7,11,19-20H,4,6,8-10,12-18H2,1-3H3. The molecule has 34 heavy (non-hydrogen) atoms. The molecule has 188 valence electrons. The molecule has 1 unspecified atom stereocenters. The summed E-state index contributed by atoms with van der Waals surface area (Å²) in [5, 5.41) is 0. The van der Waals surface area contributed by atoms with Gasteiger partial charge in [0.2, 0.25) is 5.91 Å². The molecule has 0 N–H and O–H groups in total. The van der Waals surface area contributed by atoms with Crippen molar-refractivity contribution in [1.29, 1.82) is 0 Å². The normalized spacial score (nSPS) is 22.6. The second kappa shape index (κ2) is 10.4. The molecule has 0 aliphatic carbocycles. The Bertz CT molecular complexity index is 878. The second-order valence-electron chi connectivity index (χ2n) is 10.5. The van der Waals surface area contributed by atoms with Crippen molar-refractivity contribution in [3.05, 3.63) is 24.0 Å². The number of morpholine rings is 1. The highest BCUT2D eigenvalue weighted by molar-refractivity contribution is 5.93. The lowest BCUT2D eigenvalue weighted by atomic mass is 9.96. The zero-order chi connectivity index (χ0) is 24.3. The molecule has 0 spiro atoms. The number of hydrogen-bond donors (Lipinski definition) is 0. The monoisotopic (exact) mass is 474 g/mol. The number of rotatable bonds is 3. The Morgan fingerprint density at radius 3 is 2.32 bits per heavy atom. The van der Waals surface area contributed by atoms with Crippen LogP contribution in [0.25, 0.3) is 0 Å². The summed E-state index contributed by atoms with van der Waals surface area (Å²) < 4.78 is 12.9. The predicted molar refractivity (Wildman–Crippen MR) is 127 cm³/mol. The van der Waals surface area contributed by atoms with E-state index >= 15 is 0 Å². The summed E-state index contributed by atoms with van der Waals surface area (Å²) in [7, 11) is 0. The first-order valence-electron chi connectivity index (χ1n) is 12.5. The van der Waals surface area contributed by atoms with Crippen LogP contribution in [0.2, 0.25) is 0 Å². The quantitative estimate of drug-likeness (QED) is 0.673. The predicted octanol–water partition coefficient (Wildman–Crippen LogP) is 2.77. The summed E-state index contributed by atoms with van der Waals surface area (Å²) in [6.45, 7) is 10.4. The first-order valence-corrected chi connectivity index (χ1v) is 12.5. The first kappa shape index (κ1) is 24.6. The average Bonchev–Trinajstić information content (AvgIpc) is 3.33. The Balaban J connectivity index is 1.36. The van der Waals surface area contributed by atoms with Gasteiger partial charge in [-0.05, 0) is 58.6 Å². The van der Waals surface area contributed by atoms with E-state index in [4.69, 9.17) is 9.47 Å². The van der Waals surface area contributed by atoms with E-state index in [1.54, 1.807) is 4.90 Å². The highest BCUT2D eigenvalue weighted by Gasteiger charge is 2.34. The number of piperidine rings is 2. The third-order valence-corrected chi connectivity index (χ3v) is 6.89. The van der Waals surface area contributed by atoms with E-state index in [9.17, 15) is 14.4 Å². The molecule has 1 aromatic rings. The molecule has 4 rings (SSSR count). The molecule has 1 aromatic heterocycles. The van der Waals surface area contributed by atoms with E-state index in [0.717, 1.165) is 25.7 Å². The largest absolute Gasteiger partial charge is 0.444 e. The van der Waals surface area contributed by atoms with Crippen LogP contribution in [0, 0.1) is 5.92 Å². The number of carbonyl (C=O) groups is 3. The van der Waals surface area contributed by atoms with Crippen LogP contribution in [0.4, 0.5) is 4.79 Å². The molecule has 3 amide bonds. The molecule has 3 aliphatic heterocycles. The maximum atomic E-state index is 13.5. The van der Waals surface area contributed by atoms with Crippen molar-refractivity contribution in [1.82, 2.24) is 19.3 Å². The Morgan fingerprint density at radius 2 is 1.65 bits per heavy atom. The number of amides is 3. The van der Waals surface area contributed by atoms with Crippen LogP contribution < -0.4 is 0 Å². The molecule has 0 bridgehead atoms. The SMILES string of the molecule is CC(C)(C)OC(=O)N1CCC(n2cccc2C(=O)N2CCCC(C(=O)N3CCOCC3)C2)CC1. The molecule has 3 fully saturated rings. The lowest BCUT2D eigenvalue weighted by Crippen LogP contribution is -2.49. The topological polar surface area (TPSA) is 84.3 Å². The Labute approximate surface area is 201 Å². The Morgan fingerprint density at radius 1 is 0.941 bits per heavy atom. The van der Waals surface area contributed by atoms with Crippen molar-refractivity contribution in [3.63, 3.8) is 0 Å². The van der Waals surface area contributed by atoms with Gasteiger partial charge >= 0.3 is 6.09 Å². The van der Waals surface area contributed by atoms with Crippen molar-refractivity contribution >= 4 is 17.9 Å². The van der Waals surface area contributed by atoms with E-state index in [1.807, 2.05) is 48.9 Å². The number of aromatic nitrogens is 1. The van der Waals surface area contributed by atoms with Crippen LogP contribution in [-0.4, -0.2) is 95.3 Å². The van der Waals surface area contributed by atoms with Crippen molar-refractivity contribution in [2.75, 3.05) is 52.5 Å². The zero-order valence-electron chi connectivity index (χ0n) is 20.7. The van der Waals surface area contributed by atoms with Gasteiger partial charge in [-0.2, -0.15) is 0 Å². The molecule has 3 aliphatic rings. The van der Waals surface area contributed by atoms with Crippen LogP contribution in [0.5, 0.6) is 0 Å². The summed E-state index contributed by atoms with van der Waals surface area (Å²) in [5.41, 5.74) is 0.152.